The fourth-order valence-electron chi connectivity index (χ4n) is 1.11. The van der Waals surface area contributed by atoms with Gasteiger partial charge in [-0.15, -0.1) is 0 Å². The van der Waals surface area contributed by atoms with Gasteiger partial charge in [-0.3, -0.25) is 0 Å². The van der Waals surface area contributed by atoms with Crippen molar-refractivity contribution in [2.75, 3.05) is 33.0 Å². The van der Waals surface area contributed by atoms with Gasteiger partial charge in [0.05, 0.1) is 6.20 Å². The summed E-state index contributed by atoms with van der Waals surface area (Å²) >= 11 is 0. The first-order chi connectivity index (χ1) is 7.08. The van der Waals surface area contributed by atoms with Gasteiger partial charge in [0.2, 0.25) is 0 Å². The van der Waals surface area contributed by atoms with E-state index in [-0.39, 0.29) is 6.61 Å². The summed E-state index contributed by atoms with van der Waals surface area (Å²) in [5.74, 6) is 0.957. The molecule has 15 heavy (non-hydrogen) atoms. The van der Waals surface area contributed by atoms with E-state index in [4.69, 9.17) is 10.5 Å². The predicted molar refractivity (Wildman–Crippen MR) is 57.6 cm³/mol. The molecule has 1 aromatic rings. The molecule has 84 valence electrons. The molecule has 0 aliphatic heterocycles. The first-order valence-electron chi connectivity index (χ1n) is 4.71. The molecule has 0 fully saturated rings. The number of halogens is 1. The van der Waals surface area contributed by atoms with Gasteiger partial charge in [0.25, 0.3) is 0 Å². The zero-order valence-electron chi connectivity index (χ0n) is 8.98. The lowest BCUT2D eigenvalue weighted by Gasteiger charge is -2.14. The van der Waals surface area contributed by atoms with Crippen LogP contribution in [0.5, 0.6) is 5.75 Å². The van der Waals surface area contributed by atoms with Crippen LogP contribution in [0, 0.1) is 0 Å². The van der Waals surface area contributed by atoms with Crippen molar-refractivity contribution in [2.24, 2.45) is 0 Å². The van der Waals surface area contributed by atoms with Gasteiger partial charge in [0.15, 0.2) is 0 Å². The Bertz CT molecular complexity index is 289. The second-order valence-corrected chi connectivity index (χ2v) is 3.59. The van der Waals surface area contributed by atoms with Crippen molar-refractivity contribution in [3.8, 4) is 5.75 Å². The molecule has 1 atom stereocenters. The summed E-state index contributed by atoms with van der Waals surface area (Å²) in [4.78, 5) is 5.61. The van der Waals surface area contributed by atoms with Gasteiger partial charge < -0.3 is 15.4 Å². The highest BCUT2D eigenvalue weighted by molar-refractivity contribution is 5.32. The molecule has 1 heterocycles. The van der Waals surface area contributed by atoms with Crippen LogP contribution in [-0.2, 0) is 0 Å². The first kappa shape index (κ1) is 11.7. The largest absolute Gasteiger partial charge is 0.489 e. The van der Waals surface area contributed by atoms with Gasteiger partial charge in [-0.1, -0.05) is 0 Å². The van der Waals surface area contributed by atoms with Gasteiger partial charge in [0.1, 0.15) is 24.3 Å². The second kappa shape index (κ2) is 5.50. The number of pyridine rings is 1. The Morgan fingerprint density at radius 3 is 2.80 bits per heavy atom. The van der Waals surface area contributed by atoms with Crippen molar-refractivity contribution >= 4 is 5.82 Å². The fourth-order valence-corrected chi connectivity index (χ4v) is 1.11. The summed E-state index contributed by atoms with van der Waals surface area (Å²) in [6.45, 7) is 0.381. The molecule has 1 rings (SSSR count). The molecule has 0 bridgehead atoms. The smallest absolute Gasteiger partial charge is 0.147 e. The number of hydrogen-bond donors (Lipinski definition) is 1. The molecule has 1 unspecified atom stereocenters. The van der Waals surface area contributed by atoms with E-state index in [1.807, 2.05) is 14.1 Å². The van der Waals surface area contributed by atoms with Gasteiger partial charge in [-0.05, 0) is 26.2 Å². The third-order valence-electron chi connectivity index (χ3n) is 1.75. The zero-order valence-corrected chi connectivity index (χ0v) is 8.98. The van der Waals surface area contributed by atoms with Crippen molar-refractivity contribution in [1.29, 1.82) is 0 Å². The molecule has 0 radical (unpaired) electrons. The molecule has 0 saturated carbocycles. The van der Waals surface area contributed by atoms with E-state index in [1.54, 1.807) is 17.0 Å². The summed E-state index contributed by atoms with van der Waals surface area (Å²) in [5.41, 5.74) is 5.40. The van der Waals surface area contributed by atoms with Crippen LogP contribution in [0.1, 0.15) is 0 Å². The van der Waals surface area contributed by atoms with Crippen LogP contribution >= 0.6 is 0 Å². The maximum absolute atomic E-state index is 13.2. The number of aromatic nitrogens is 1. The molecule has 0 aromatic carbocycles. The number of ether oxygens (including phenoxy) is 1. The van der Waals surface area contributed by atoms with Crippen LogP contribution in [0.25, 0.3) is 0 Å². The summed E-state index contributed by atoms with van der Waals surface area (Å²) < 4.78 is 18.4. The van der Waals surface area contributed by atoms with E-state index in [9.17, 15) is 4.39 Å². The van der Waals surface area contributed by atoms with Crippen molar-refractivity contribution in [3.05, 3.63) is 18.3 Å². The Labute approximate surface area is 88.9 Å². The Kier molecular flexibility index (Phi) is 4.30. The minimum Gasteiger partial charge on any atom is -0.489 e. The minimum absolute atomic E-state index is 0.0315. The molecule has 2 N–H and O–H groups in total. The first-order valence-corrected chi connectivity index (χ1v) is 4.71. The predicted octanol–water partition coefficient (Wildman–Crippen LogP) is 0.942. The maximum atomic E-state index is 13.2. The molecular formula is C10H16FN3O. The molecule has 0 aliphatic rings. The molecule has 0 spiro atoms. The number of rotatable bonds is 5. The molecule has 0 saturated heterocycles. The highest BCUT2D eigenvalue weighted by Gasteiger charge is 2.08. The number of alkyl halides is 1. The number of nitrogens with zero attached hydrogens (tertiary/aromatic N) is 2. The number of anilines is 1. The van der Waals surface area contributed by atoms with E-state index >= 15 is 0 Å². The van der Waals surface area contributed by atoms with E-state index in [2.05, 4.69) is 4.98 Å². The Morgan fingerprint density at radius 1 is 1.53 bits per heavy atom. The molecule has 4 nitrogen and oxygen atoms in total. The summed E-state index contributed by atoms with van der Waals surface area (Å²) in [5, 5.41) is 0. The lowest BCUT2D eigenvalue weighted by molar-refractivity contribution is 0.162. The van der Waals surface area contributed by atoms with Crippen LogP contribution < -0.4 is 10.5 Å². The Morgan fingerprint density at radius 2 is 2.27 bits per heavy atom. The van der Waals surface area contributed by atoms with Gasteiger partial charge in [0, 0.05) is 6.54 Å². The highest BCUT2D eigenvalue weighted by Crippen LogP contribution is 2.10. The van der Waals surface area contributed by atoms with E-state index in [0.29, 0.717) is 18.1 Å². The average Bonchev–Trinajstić information content (AvgIpc) is 2.16. The second-order valence-electron chi connectivity index (χ2n) is 3.59. The minimum atomic E-state index is -1.00. The summed E-state index contributed by atoms with van der Waals surface area (Å²) in [6, 6.07) is 3.29. The number of nitrogens with two attached hydrogens (primary N) is 1. The standard InChI is InChI=1S/C10H16FN3O/c1-14(2)6-8(11)7-15-9-3-4-10(12)13-5-9/h3-5,8H,6-7H2,1-2H3,(H2,12,13). The lowest BCUT2D eigenvalue weighted by Crippen LogP contribution is -2.27. The average molecular weight is 213 g/mol. The lowest BCUT2D eigenvalue weighted by atomic mass is 10.4. The highest BCUT2D eigenvalue weighted by atomic mass is 19.1. The number of nitrogen functional groups attached to an aromatic ring is 1. The Balaban J connectivity index is 2.33. The zero-order chi connectivity index (χ0) is 11.3. The Hall–Kier alpha value is -1.36. The van der Waals surface area contributed by atoms with Crippen LogP contribution in [0.15, 0.2) is 18.3 Å². The van der Waals surface area contributed by atoms with Crippen molar-refractivity contribution in [2.45, 2.75) is 6.17 Å². The molecule has 5 heteroatoms. The van der Waals surface area contributed by atoms with E-state index in [0.717, 1.165) is 0 Å². The van der Waals surface area contributed by atoms with E-state index < -0.39 is 6.17 Å². The number of hydrogen-bond acceptors (Lipinski definition) is 4. The monoisotopic (exact) mass is 213 g/mol. The van der Waals surface area contributed by atoms with Crippen LogP contribution in [0.4, 0.5) is 10.2 Å². The van der Waals surface area contributed by atoms with Gasteiger partial charge in [-0.25, -0.2) is 9.37 Å². The maximum Gasteiger partial charge on any atom is 0.147 e. The molecule has 0 aliphatic carbocycles. The molecular weight excluding hydrogens is 197 g/mol. The van der Waals surface area contributed by atoms with Crippen LogP contribution in [-0.4, -0.2) is 43.3 Å². The van der Waals surface area contributed by atoms with Crippen molar-refractivity contribution in [3.63, 3.8) is 0 Å². The van der Waals surface area contributed by atoms with E-state index in [1.165, 1.54) is 6.20 Å². The van der Waals surface area contributed by atoms with Gasteiger partial charge >= 0.3 is 0 Å². The fraction of sp³-hybridized carbons (Fsp3) is 0.500. The molecule has 1 aromatic heterocycles. The SMILES string of the molecule is CN(C)CC(F)COc1ccc(N)nc1. The molecule has 0 amide bonds. The van der Waals surface area contributed by atoms with Crippen molar-refractivity contribution in [1.82, 2.24) is 9.88 Å². The normalized spacial score (nSPS) is 12.8. The van der Waals surface area contributed by atoms with Crippen molar-refractivity contribution < 1.29 is 9.13 Å². The summed E-state index contributed by atoms with van der Waals surface area (Å²) in [7, 11) is 3.63. The van der Waals surface area contributed by atoms with Crippen LogP contribution in [0.3, 0.4) is 0 Å². The van der Waals surface area contributed by atoms with Gasteiger partial charge in [-0.2, -0.15) is 0 Å². The topological polar surface area (TPSA) is 51.4 Å². The third-order valence-corrected chi connectivity index (χ3v) is 1.75. The third kappa shape index (κ3) is 4.60. The summed E-state index contributed by atoms with van der Waals surface area (Å²) in [6.07, 6.45) is 0.482. The van der Waals surface area contributed by atoms with Crippen LogP contribution in [0.2, 0.25) is 0 Å². The quantitative estimate of drug-likeness (QED) is 0.791.